The van der Waals surface area contributed by atoms with Gasteiger partial charge >= 0.3 is 0 Å². The Kier molecular flexibility index (Phi) is 4.82. The Hall–Kier alpha value is -1.07. The molecule has 0 spiro atoms. The van der Waals surface area contributed by atoms with E-state index in [9.17, 15) is 8.42 Å². The largest absolute Gasteiger partial charge is 0.385 e. The van der Waals surface area contributed by atoms with Crippen LogP contribution in [0.2, 0.25) is 0 Å². The SMILES string of the molecule is CCS(=O)(=O)c1ccc(NCCC2CCCO2)cc1. The van der Waals surface area contributed by atoms with E-state index >= 15 is 0 Å². The highest BCUT2D eigenvalue weighted by Crippen LogP contribution is 2.17. The Bertz CT molecular complexity index is 490. The van der Waals surface area contributed by atoms with Crippen LogP contribution in [0.15, 0.2) is 29.2 Å². The number of anilines is 1. The molecule has 0 radical (unpaired) electrons. The zero-order valence-corrected chi connectivity index (χ0v) is 12.1. The minimum atomic E-state index is -3.10. The normalized spacial score (nSPS) is 19.5. The first-order valence-corrected chi connectivity index (χ1v) is 8.45. The van der Waals surface area contributed by atoms with Crippen molar-refractivity contribution in [2.24, 2.45) is 0 Å². The fourth-order valence-corrected chi connectivity index (χ4v) is 3.08. The molecule has 0 bridgehead atoms. The lowest BCUT2D eigenvalue weighted by atomic mass is 10.2. The summed E-state index contributed by atoms with van der Waals surface area (Å²) in [5, 5.41) is 3.29. The maximum Gasteiger partial charge on any atom is 0.178 e. The van der Waals surface area contributed by atoms with Gasteiger partial charge in [0, 0.05) is 18.8 Å². The van der Waals surface area contributed by atoms with Crippen molar-refractivity contribution in [3.63, 3.8) is 0 Å². The monoisotopic (exact) mass is 283 g/mol. The number of ether oxygens (including phenoxy) is 1. The van der Waals surface area contributed by atoms with E-state index < -0.39 is 9.84 Å². The molecule has 1 aromatic carbocycles. The van der Waals surface area contributed by atoms with Crippen LogP contribution in [0.1, 0.15) is 26.2 Å². The molecule has 0 amide bonds. The summed E-state index contributed by atoms with van der Waals surface area (Å²) in [6, 6.07) is 6.95. The van der Waals surface area contributed by atoms with E-state index in [2.05, 4.69) is 5.32 Å². The van der Waals surface area contributed by atoms with Gasteiger partial charge in [0.05, 0.1) is 16.8 Å². The highest BCUT2D eigenvalue weighted by molar-refractivity contribution is 7.91. The van der Waals surface area contributed by atoms with Gasteiger partial charge < -0.3 is 10.1 Å². The molecule has 0 aromatic heterocycles. The average molecular weight is 283 g/mol. The molecule has 1 aliphatic heterocycles. The summed E-state index contributed by atoms with van der Waals surface area (Å²) in [7, 11) is -3.10. The van der Waals surface area contributed by atoms with Crippen LogP contribution in [0.5, 0.6) is 0 Å². The second kappa shape index (κ2) is 6.39. The van der Waals surface area contributed by atoms with E-state index in [1.54, 1.807) is 19.1 Å². The van der Waals surface area contributed by atoms with Crippen LogP contribution >= 0.6 is 0 Å². The minimum absolute atomic E-state index is 0.138. The van der Waals surface area contributed by atoms with Crippen molar-refractivity contribution in [1.29, 1.82) is 0 Å². The molecular weight excluding hydrogens is 262 g/mol. The molecule has 0 saturated carbocycles. The van der Waals surface area contributed by atoms with E-state index in [1.807, 2.05) is 12.1 Å². The third kappa shape index (κ3) is 3.94. The summed E-state index contributed by atoms with van der Waals surface area (Å²) >= 11 is 0. The van der Waals surface area contributed by atoms with Gasteiger partial charge in [0.1, 0.15) is 0 Å². The third-order valence-electron chi connectivity index (χ3n) is 3.41. The van der Waals surface area contributed by atoms with Crippen LogP contribution in [0.25, 0.3) is 0 Å². The van der Waals surface area contributed by atoms with Crippen molar-refractivity contribution >= 4 is 15.5 Å². The molecule has 1 fully saturated rings. The maximum absolute atomic E-state index is 11.7. The van der Waals surface area contributed by atoms with E-state index in [0.29, 0.717) is 11.0 Å². The maximum atomic E-state index is 11.7. The predicted octanol–water partition coefficient (Wildman–Crippen LogP) is 2.46. The first-order chi connectivity index (χ1) is 9.12. The van der Waals surface area contributed by atoms with Crippen molar-refractivity contribution in [3.8, 4) is 0 Å². The van der Waals surface area contributed by atoms with Gasteiger partial charge in [0.15, 0.2) is 9.84 Å². The Labute approximate surface area is 115 Å². The number of rotatable bonds is 6. The second-order valence-electron chi connectivity index (χ2n) is 4.78. The Morgan fingerprint density at radius 1 is 1.32 bits per heavy atom. The number of hydrogen-bond acceptors (Lipinski definition) is 4. The molecule has 1 unspecified atom stereocenters. The summed E-state index contributed by atoms with van der Waals surface area (Å²) in [6.07, 6.45) is 3.69. The summed E-state index contributed by atoms with van der Waals surface area (Å²) < 4.78 is 28.9. The lowest BCUT2D eigenvalue weighted by molar-refractivity contribution is 0.107. The van der Waals surface area contributed by atoms with E-state index in [1.165, 1.54) is 0 Å². The molecule has 1 aromatic rings. The molecule has 1 saturated heterocycles. The van der Waals surface area contributed by atoms with Crippen molar-refractivity contribution in [3.05, 3.63) is 24.3 Å². The standard InChI is InChI=1S/C14H21NO3S/c1-2-19(16,17)14-7-5-12(6-8-14)15-10-9-13-4-3-11-18-13/h5-8,13,15H,2-4,9-11H2,1H3. The second-order valence-corrected chi connectivity index (χ2v) is 7.06. The van der Waals surface area contributed by atoms with Crippen molar-refractivity contribution in [1.82, 2.24) is 0 Å². The van der Waals surface area contributed by atoms with Crippen LogP contribution in [-0.2, 0) is 14.6 Å². The molecule has 19 heavy (non-hydrogen) atoms. The zero-order chi connectivity index (χ0) is 13.7. The summed E-state index contributed by atoms with van der Waals surface area (Å²) in [5.74, 6) is 0.138. The van der Waals surface area contributed by atoms with E-state index in [-0.39, 0.29) is 5.75 Å². The lowest BCUT2D eigenvalue weighted by Crippen LogP contribution is -2.12. The Morgan fingerprint density at radius 3 is 2.63 bits per heavy atom. The van der Waals surface area contributed by atoms with E-state index in [4.69, 9.17) is 4.74 Å². The molecule has 2 rings (SSSR count). The predicted molar refractivity (Wildman–Crippen MR) is 76.2 cm³/mol. The van der Waals surface area contributed by atoms with Gasteiger partial charge in [-0.15, -0.1) is 0 Å². The van der Waals surface area contributed by atoms with Gasteiger partial charge in [0.2, 0.25) is 0 Å². The molecule has 1 aliphatic rings. The van der Waals surface area contributed by atoms with Crippen molar-refractivity contribution in [2.75, 3.05) is 24.2 Å². The van der Waals surface area contributed by atoms with Gasteiger partial charge in [-0.1, -0.05) is 6.92 Å². The molecule has 1 atom stereocenters. The fourth-order valence-electron chi connectivity index (χ4n) is 2.20. The van der Waals surface area contributed by atoms with Crippen LogP contribution in [0, 0.1) is 0 Å². The highest BCUT2D eigenvalue weighted by atomic mass is 32.2. The molecule has 1 N–H and O–H groups in total. The number of hydrogen-bond donors (Lipinski definition) is 1. The molecule has 4 nitrogen and oxygen atoms in total. The molecule has 5 heteroatoms. The number of benzene rings is 1. The third-order valence-corrected chi connectivity index (χ3v) is 5.16. The Balaban J connectivity index is 1.85. The van der Waals surface area contributed by atoms with Gasteiger partial charge in [-0.25, -0.2) is 8.42 Å². The van der Waals surface area contributed by atoms with Crippen LogP contribution < -0.4 is 5.32 Å². The average Bonchev–Trinajstić information content (AvgIpc) is 2.92. The summed E-state index contributed by atoms with van der Waals surface area (Å²) in [4.78, 5) is 0.389. The van der Waals surface area contributed by atoms with Crippen LogP contribution in [0.4, 0.5) is 5.69 Å². The summed E-state index contributed by atoms with van der Waals surface area (Å²) in [5.41, 5.74) is 0.952. The first-order valence-electron chi connectivity index (χ1n) is 6.80. The lowest BCUT2D eigenvalue weighted by Gasteiger charge is -2.11. The number of nitrogens with one attached hydrogen (secondary N) is 1. The van der Waals surface area contributed by atoms with Crippen molar-refractivity contribution in [2.45, 2.75) is 37.2 Å². The van der Waals surface area contributed by atoms with Gasteiger partial charge in [0.25, 0.3) is 0 Å². The smallest absolute Gasteiger partial charge is 0.178 e. The minimum Gasteiger partial charge on any atom is -0.385 e. The van der Waals surface area contributed by atoms with Gasteiger partial charge in [-0.05, 0) is 43.5 Å². The highest BCUT2D eigenvalue weighted by Gasteiger charge is 2.14. The van der Waals surface area contributed by atoms with Crippen LogP contribution in [-0.4, -0.2) is 33.4 Å². The first kappa shape index (κ1) is 14.3. The number of sulfone groups is 1. The quantitative estimate of drug-likeness (QED) is 0.871. The summed E-state index contributed by atoms with van der Waals surface area (Å²) in [6.45, 7) is 3.39. The fraction of sp³-hybridized carbons (Fsp3) is 0.571. The zero-order valence-electron chi connectivity index (χ0n) is 11.3. The van der Waals surface area contributed by atoms with E-state index in [0.717, 1.165) is 38.1 Å². The van der Waals surface area contributed by atoms with Gasteiger partial charge in [-0.3, -0.25) is 0 Å². The van der Waals surface area contributed by atoms with Gasteiger partial charge in [-0.2, -0.15) is 0 Å². The van der Waals surface area contributed by atoms with Crippen molar-refractivity contribution < 1.29 is 13.2 Å². The molecule has 106 valence electrons. The molecular formula is C14H21NO3S. The van der Waals surface area contributed by atoms with Crippen LogP contribution in [0.3, 0.4) is 0 Å². The molecule has 0 aliphatic carbocycles. The topological polar surface area (TPSA) is 55.4 Å². The molecule has 1 heterocycles. The Morgan fingerprint density at radius 2 is 2.05 bits per heavy atom.